The summed E-state index contributed by atoms with van der Waals surface area (Å²) in [5, 5.41) is 4.54. The van der Waals surface area contributed by atoms with Crippen molar-refractivity contribution in [2.24, 2.45) is 0 Å². The number of benzene rings is 12. The Morgan fingerprint density at radius 1 is 0.293 bits per heavy atom. The van der Waals surface area contributed by atoms with E-state index >= 15 is 0 Å². The van der Waals surface area contributed by atoms with E-state index in [1.807, 2.05) is 0 Å². The lowest BCUT2D eigenvalue weighted by atomic mass is 9.65. The van der Waals surface area contributed by atoms with Crippen LogP contribution in [0.5, 0.6) is 11.5 Å². The fraction of sp³-hybridized carbons (Fsp3) is 0.0685. The van der Waals surface area contributed by atoms with Gasteiger partial charge in [0.1, 0.15) is 11.5 Å². The molecule has 0 unspecified atom stereocenters. The van der Waals surface area contributed by atoms with Crippen LogP contribution in [0.1, 0.15) is 69.5 Å². The number of hydrogen-bond donors (Lipinski definition) is 0. The molecule has 350 valence electrons. The van der Waals surface area contributed by atoms with E-state index in [1.54, 1.807) is 0 Å². The molecule has 17 rings (SSSR count). The van der Waals surface area contributed by atoms with Gasteiger partial charge in [0.2, 0.25) is 0 Å². The third-order valence-corrected chi connectivity index (χ3v) is 18.1. The molecule has 5 aliphatic rings. The van der Waals surface area contributed by atoms with Gasteiger partial charge in [0, 0.05) is 44.3 Å². The molecular formula is C73H47NO. The fourth-order valence-corrected chi connectivity index (χ4v) is 15.1. The zero-order valence-electron chi connectivity index (χ0n) is 41.5. The summed E-state index contributed by atoms with van der Waals surface area (Å²) in [5.41, 5.74) is 25.1. The van der Waals surface area contributed by atoms with Crippen molar-refractivity contribution in [2.75, 3.05) is 4.90 Å². The van der Waals surface area contributed by atoms with Gasteiger partial charge in [-0.15, -0.1) is 0 Å². The zero-order chi connectivity index (χ0) is 49.4. The highest BCUT2D eigenvalue weighted by atomic mass is 16.5. The van der Waals surface area contributed by atoms with Gasteiger partial charge in [-0.05, 0) is 125 Å². The lowest BCUT2D eigenvalue weighted by Crippen LogP contribution is -2.32. The molecular weight excluding hydrogens is 907 g/mol. The van der Waals surface area contributed by atoms with Crippen molar-refractivity contribution < 1.29 is 4.74 Å². The Kier molecular flexibility index (Phi) is 7.97. The molecule has 4 aliphatic carbocycles. The molecule has 2 nitrogen and oxygen atoms in total. The monoisotopic (exact) mass is 953 g/mol. The molecule has 1 aliphatic heterocycles. The Balaban J connectivity index is 0.985. The van der Waals surface area contributed by atoms with E-state index in [0.29, 0.717) is 0 Å². The van der Waals surface area contributed by atoms with Crippen LogP contribution >= 0.6 is 0 Å². The molecule has 0 aromatic heterocycles. The van der Waals surface area contributed by atoms with Gasteiger partial charge in [0.15, 0.2) is 0 Å². The molecule has 0 bridgehead atoms. The van der Waals surface area contributed by atoms with E-state index in [4.69, 9.17) is 4.74 Å². The van der Waals surface area contributed by atoms with Crippen LogP contribution in [0.25, 0.3) is 66.1 Å². The van der Waals surface area contributed by atoms with E-state index in [9.17, 15) is 0 Å². The van der Waals surface area contributed by atoms with E-state index in [2.05, 4.69) is 267 Å². The van der Waals surface area contributed by atoms with E-state index in [0.717, 1.165) is 61.2 Å². The normalized spacial score (nSPS) is 15.2. The van der Waals surface area contributed by atoms with Gasteiger partial charge in [-0.3, -0.25) is 0 Å². The predicted octanol–water partition coefficient (Wildman–Crippen LogP) is 18.6. The molecule has 0 atom stereocenters. The van der Waals surface area contributed by atoms with Crippen LogP contribution < -0.4 is 9.64 Å². The van der Waals surface area contributed by atoms with Gasteiger partial charge in [0.25, 0.3) is 0 Å². The highest BCUT2D eigenvalue weighted by Gasteiger charge is 2.54. The second-order valence-corrected chi connectivity index (χ2v) is 21.8. The van der Waals surface area contributed by atoms with Crippen molar-refractivity contribution in [2.45, 2.75) is 30.1 Å². The van der Waals surface area contributed by atoms with E-state index in [1.165, 1.54) is 89.0 Å². The minimum atomic E-state index is -0.702. The first-order chi connectivity index (χ1) is 37.0. The third-order valence-electron chi connectivity index (χ3n) is 18.1. The minimum absolute atomic E-state index is 0.137. The molecule has 1 heterocycles. The first-order valence-corrected chi connectivity index (χ1v) is 26.4. The van der Waals surface area contributed by atoms with E-state index in [-0.39, 0.29) is 5.41 Å². The first-order valence-electron chi connectivity index (χ1n) is 26.4. The summed E-state index contributed by atoms with van der Waals surface area (Å²) in [6.45, 7) is 4.75. The van der Waals surface area contributed by atoms with Crippen molar-refractivity contribution in [1.29, 1.82) is 0 Å². The van der Waals surface area contributed by atoms with Gasteiger partial charge in [-0.25, -0.2) is 0 Å². The second-order valence-electron chi connectivity index (χ2n) is 21.8. The van der Waals surface area contributed by atoms with Crippen molar-refractivity contribution in [1.82, 2.24) is 0 Å². The molecule has 0 amide bonds. The van der Waals surface area contributed by atoms with Crippen LogP contribution in [0.2, 0.25) is 0 Å². The summed E-state index contributed by atoms with van der Waals surface area (Å²) in [4.78, 5) is 2.59. The minimum Gasteiger partial charge on any atom is -0.455 e. The predicted molar refractivity (Wildman–Crippen MR) is 307 cm³/mol. The highest BCUT2D eigenvalue weighted by Crippen LogP contribution is 2.67. The Bertz CT molecular complexity index is 4370. The van der Waals surface area contributed by atoms with Gasteiger partial charge < -0.3 is 9.64 Å². The van der Waals surface area contributed by atoms with Crippen molar-refractivity contribution >= 4 is 38.6 Å². The summed E-state index contributed by atoms with van der Waals surface area (Å²) >= 11 is 0. The van der Waals surface area contributed by atoms with Crippen LogP contribution in [0, 0.1) is 0 Å². The SMILES string of the molecule is CC1(C)c2ccccc2-c2cc(N(c3ccc4c(c3)C3(c5ccccc5-c5ccccc53)c3ccccc3-4)c3cccc4c3-c3ccccc3C43c4ccc5ccccc5c4Oc4c3ccc3ccccc43)ccc21. The maximum Gasteiger partial charge on any atom is 0.140 e. The first kappa shape index (κ1) is 41.3. The molecule has 12 aromatic carbocycles. The molecule has 0 N–H and O–H groups in total. The standard InChI is InChI=1S/C73H47NO/c1-71(2)57-27-12-7-25-53(57)56-42-46(37-41-58(56)71)74(47-36-38-54-52-24-10-15-30-61(52)72(66(54)43-47)59-28-13-8-22-50(59)51-23-9-14-29-60(51)72)67-33-17-32-63-68(67)55-26-11-16-31-62(55)73(63)64-39-34-44-18-3-5-20-48(44)69(64)75-70-49-21-6-4-19-45(49)35-40-65(70)73/h3-43H,1-2H3. The number of nitrogens with zero attached hydrogens (tertiary/aromatic N) is 1. The smallest absolute Gasteiger partial charge is 0.140 e. The van der Waals surface area contributed by atoms with Gasteiger partial charge in [-0.2, -0.15) is 0 Å². The molecule has 0 saturated heterocycles. The molecule has 12 aromatic rings. The molecule has 0 fully saturated rings. The number of anilines is 3. The van der Waals surface area contributed by atoms with Gasteiger partial charge >= 0.3 is 0 Å². The lowest BCUT2D eigenvalue weighted by molar-refractivity contribution is 0.447. The Labute approximate surface area is 436 Å². The van der Waals surface area contributed by atoms with Gasteiger partial charge in [-0.1, -0.05) is 232 Å². The fourth-order valence-electron chi connectivity index (χ4n) is 15.1. The maximum absolute atomic E-state index is 7.38. The molecule has 2 spiro atoms. The van der Waals surface area contributed by atoms with Crippen molar-refractivity contribution in [3.8, 4) is 56.0 Å². The quantitative estimate of drug-likeness (QED) is 0.175. The lowest BCUT2D eigenvalue weighted by Gasteiger charge is -2.40. The number of rotatable bonds is 3. The van der Waals surface area contributed by atoms with Crippen LogP contribution in [0.3, 0.4) is 0 Å². The van der Waals surface area contributed by atoms with Crippen LogP contribution in [0.15, 0.2) is 249 Å². The maximum atomic E-state index is 7.38. The summed E-state index contributed by atoms with van der Waals surface area (Å²) in [6.07, 6.45) is 0. The average Bonchev–Trinajstić information content (AvgIpc) is 4.14. The largest absolute Gasteiger partial charge is 0.455 e. The summed E-state index contributed by atoms with van der Waals surface area (Å²) < 4.78 is 7.38. The van der Waals surface area contributed by atoms with Crippen molar-refractivity contribution in [3.05, 3.63) is 304 Å². The van der Waals surface area contributed by atoms with Gasteiger partial charge in [0.05, 0.1) is 16.5 Å². The topological polar surface area (TPSA) is 12.5 Å². The van der Waals surface area contributed by atoms with Crippen LogP contribution in [0.4, 0.5) is 17.1 Å². The molecule has 75 heavy (non-hydrogen) atoms. The molecule has 2 heteroatoms. The van der Waals surface area contributed by atoms with Crippen LogP contribution in [-0.4, -0.2) is 0 Å². The second kappa shape index (κ2) is 14.5. The Morgan fingerprint density at radius 3 is 1.31 bits per heavy atom. The molecule has 0 saturated carbocycles. The zero-order valence-corrected chi connectivity index (χ0v) is 41.5. The molecule has 0 radical (unpaired) electrons. The van der Waals surface area contributed by atoms with E-state index < -0.39 is 10.8 Å². The van der Waals surface area contributed by atoms with Crippen LogP contribution in [-0.2, 0) is 16.2 Å². The van der Waals surface area contributed by atoms with Crippen molar-refractivity contribution in [3.63, 3.8) is 0 Å². The average molecular weight is 954 g/mol. The Hall–Kier alpha value is -9.24. The summed E-state index contributed by atoms with van der Waals surface area (Å²) in [5.74, 6) is 1.84. The highest BCUT2D eigenvalue weighted by molar-refractivity contribution is 6.04. The number of ether oxygens (including phenoxy) is 1. The number of fused-ring (bicyclic) bond motifs is 26. The third kappa shape index (κ3) is 5.00. The Morgan fingerprint density at radius 2 is 0.707 bits per heavy atom. The number of hydrogen-bond acceptors (Lipinski definition) is 2. The summed E-state index contributed by atoms with van der Waals surface area (Å²) in [7, 11) is 0. The summed E-state index contributed by atoms with van der Waals surface area (Å²) in [6, 6.07) is 94.0.